The Hall–Kier alpha value is -3.52. The molecule has 35 heavy (non-hydrogen) atoms. The van der Waals surface area contributed by atoms with Crippen molar-refractivity contribution in [1.82, 2.24) is 20.1 Å². The Labute approximate surface area is 208 Å². The van der Waals surface area contributed by atoms with E-state index < -0.39 is 11.8 Å². The third-order valence-electron chi connectivity index (χ3n) is 6.38. The third-order valence-corrected chi connectivity index (χ3v) is 7.57. The number of nitrogens with zero attached hydrogens (tertiary/aromatic N) is 3. The summed E-state index contributed by atoms with van der Waals surface area (Å²) >= 11 is 1.60. The second-order valence-electron chi connectivity index (χ2n) is 9.12. The van der Waals surface area contributed by atoms with E-state index >= 15 is 0 Å². The van der Waals surface area contributed by atoms with Crippen molar-refractivity contribution >= 4 is 29.1 Å². The molecule has 1 saturated heterocycles. The molecule has 2 heterocycles. The summed E-state index contributed by atoms with van der Waals surface area (Å²) in [6.07, 6.45) is 2.08. The Balaban J connectivity index is 1.29. The molecule has 1 aliphatic carbocycles. The van der Waals surface area contributed by atoms with E-state index in [1.54, 1.807) is 16.2 Å². The van der Waals surface area contributed by atoms with Crippen LogP contribution in [-0.4, -0.2) is 64.7 Å². The maximum atomic E-state index is 13.2. The number of aromatic nitrogens is 1. The van der Waals surface area contributed by atoms with Crippen LogP contribution in [0.5, 0.6) is 0 Å². The maximum absolute atomic E-state index is 13.2. The van der Waals surface area contributed by atoms with Crippen LogP contribution in [-0.2, 0) is 20.8 Å². The number of rotatable bonds is 5. The molecule has 0 spiro atoms. The smallest absolute Gasteiger partial charge is 0.312 e. The van der Waals surface area contributed by atoms with Gasteiger partial charge in [-0.2, -0.15) is 0 Å². The summed E-state index contributed by atoms with van der Waals surface area (Å²) in [5, 5.41) is 3.63. The Morgan fingerprint density at radius 2 is 1.57 bits per heavy atom. The zero-order chi connectivity index (χ0) is 24.4. The molecule has 1 N–H and O–H groups in total. The van der Waals surface area contributed by atoms with Gasteiger partial charge in [-0.1, -0.05) is 60.2 Å². The highest BCUT2D eigenvalue weighted by Crippen LogP contribution is 2.36. The number of nitrogens with one attached hydrogen (secondary N) is 1. The van der Waals surface area contributed by atoms with E-state index in [2.05, 4.69) is 36.5 Å². The summed E-state index contributed by atoms with van der Waals surface area (Å²) in [7, 11) is 0. The first-order valence-electron chi connectivity index (χ1n) is 12.0. The minimum absolute atomic E-state index is 0.0159. The van der Waals surface area contributed by atoms with Gasteiger partial charge in [0.2, 0.25) is 5.91 Å². The van der Waals surface area contributed by atoms with Crippen LogP contribution in [0.2, 0.25) is 0 Å². The van der Waals surface area contributed by atoms with Crippen LogP contribution in [0.15, 0.2) is 54.6 Å². The summed E-state index contributed by atoms with van der Waals surface area (Å²) in [6.45, 7) is 3.60. The predicted molar refractivity (Wildman–Crippen MR) is 136 cm³/mol. The fraction of sp³-hybridized carbons (Fsp3) is 0.333. The highest BCUT2D eigenvalue weighted by molar-refractivity contribution is 7.18. The molecule has 180 valence electrons. The number of aryl methyl sites for hydroxylation is 1. The highest BCUT2D eigenvalue weighted by atomic mass is 32.1. The van der Waals surface area contributed by atoms with E-state index in [0.717, 1.165) is 39.5 Å². The van der Waals surface area contributed by atoms with Gasteiger partial charge in [-0.15, -0.1) is 11.3 Å². The summed E-state index contributed by atoms with van der Waals surface area (Å²) in [5.74, 6) is -1.05. The standard InChI is InChI=1S/C27H28N4O3S/c1-18-7-9-19(10-8-18)24-22(29-26(35-24)20-5-3-2-4-6-20)17-23(32)30-13-15-31(16-14-30)27(34)25(33)28-21-11-12-21/h2-10,21H,11-17H2,1H3,(H,28,33). The van der Waals surface area contributed by atoms with Crippen molar-refractivity contribution in [2.45, 2.75) is 32.2 Å². The SMILES string of the molecule is Cc1ccc(-c2sc(-c3ccccc3)nc2CC(=O)N2CCN(C(=O)C(=O)NC3CC3)CC2)cc1. The molecular weight excluding hydrogens is 460 g/mol. The van der Waals surface area contributed by atoms with E-state index in [0.29, 0.717) is 26.2 Å². The fourth-order valence-electron chi connectivity index (χ4n) is 4.14. The van der Waals surface area contributed by atoms with E-state index in [4.69, 9.17) is 4.98 Å². The number of piperazine rings is 1. The lowest BCUT2D eigenvalue weighted by molar-refractivity contribution is -0.148. The van der Waals surface area contributed by atoms with Crippen LogP contribution in [0.4, 0.5) is 0 Å². The monoisotopic (exact) mass is 488 g/mol. The number of hydrogen-bond acceptors (Lipinski definition) is 5. The second-order valence-corrected chi connectivity index (χ2v) is 10.1. The molecule has 2 fully saturated rings. The van der Waals surface area contributed by atoms with Crippen molar-refractivity contribution in [3.8, 4) is 21.0 Å². The summed E-state index contributed by atoms with van der Waals surface area (Å²) in [6, 6.07) is 18.4. The van der Waals surface area contributed by atoms with Gasteiger partial charge in [-0.05, 0) is 25.3 Å². The first-order chi connectivity index (χ1) is 17.0. The first kappa shape index (κ1) is 23.2. The van der Waals surface area contributed by atoms with Crippen LogP contribution in [0.3, 0.4) is 0 Å². The molecule has 1 aromatic heterocycles. The predicted octanol–water partition coefficient (Wildman–Crippen LogP) is 3.28. The zero-order valence-electron chi connectivity index (χ0n) is 19.7. The molecule has 5 rings (SSSR count). The number of amides is 3. The van der Waals surface area contributed by atoms with E-state index in [1.807, 2.05) is 30.3 Å². The Morgan fingerprint density at radius 3 is 2.23 bits per heavy atom. The number of thiazole rings is 1. The largest absolute Gasteiger partial charge is 0.345 e. The molecule has 0 unspecified atom stereocenters. The quantitative estimate of drug-likeness (QED) is 0.559. The van der Waals surface area contributed by atoms with Crippen molar-refractivity contribution in [2.75, 3.05) is 26.2 Å². The van der Waals surface area contributed by atoms with Crippen molar-refractivity contribution < 1.29 is 14.4 Å². The van der Waals surface area contributed by atoms with Crippen molar-refractivity contribution in [2.24, 2.45) is 0 Å². The molecule has 1 saturated carbocycles. The van der Waals surface area contributed by atoms with Gasteiger partial charge in [0, 0.05) is 37.8 Å². The lowest BCUT2D eigenvalue weighted by Crippen LogP contribution is -2.54. The lowest BCUT2D eigenvalue weighted by atomic mass is 10.1. The van der Waals surface area contributed by atoms with Crippen LogP contribution < -0.4 is 5.32 Å². The van der Waals surface area contributed by atoms with E-state index in [9.17, 15) is 14.4 Å². The van der Waals surface area contributed by atoms with Gasteiger partial charge in [0.25, 0.3) is 0 Å². The highest BCUT2D eigenvalue weighted by Gasteiger charge is 2.32. The Kier molecular flexibility index (Phi) is 6.63. The average Bonchev–Trinajstić information content (AvgIpc) is 3.61. The second kappa shape index (κ2) is 10.00. The molecule has 8 heteroatoms. The third kappa shape index (κ3) is 5.43. The van der Waals surface area contributed by atoms with Gasteiger partial charge in [-0.3, -0.25) is 14.4 Å². The van der Waals surface area contributed by atoms with Crippen molar-refractivity contribution in [3.63, 3.8) is 0 Å². The number of benzene rings is 2. The number of carbonyl (C=O) groups is 3. The van der Waals surface area contributed by atoms with Gasteiger partial charge >= 0.3 is 11.8 Å². The van der Waals surface area contributed by atoms with Gasteiger partial charge in [-0.25, -0.2) is 4.98 Å². The first-order valence-corrected chi connectivity index (χ1v) is 12.8. The molecule has 0 atom stereocenters. The van der Waals surface area contributed by atoms with Crippen LogP contribution in [0.25, 0.3) is 21.0 Å². The lowest BCUT2D eigenvalue weighted by Gasteiger charge is -2.34. The fourth-order valence-corrected chi connectivity index (χ4v) is 5.23. The normalized spacial score (nSPS) is 15.7. The van der Waals surface area contributed by atoms with Gasteiger partial charge in [0.1, 0.15) is 5.01 Å². The van der Waals surface area contributed by atoms with Gasteiger partial charge in [0.05, 0.1) is 17.0 Å². The molecule has 7 nitrogen and oxygen atoms in total. The molecule has 3 aromatic rings. The van der Waals surface area contributed by atoms with E-state index in [1.165, 1.54) is 10.5 Å². The molecular formula is C27H28N4O3S. The Morgan fingerprint density at radius 1 is 0.914 bits per heavy atom. The topological polar surface area (TPSA) is 82.6 Å². The molecule has 2 aliphatic rings. The molecule has 2 aromatic carbocycles. The van der Waals surface area contributed by atoms with Crippen LogP contribution in [0, 0.1) is 6.92 Å². The molecule has 0 radical (unpaired) electrons. The van der Waals surface area contributed by atoms with Crippen LogP contribution in [0.1, 0.15) is 24.1 Å². The summed E-state index contributed by atoms with van der Waals surface area (Å²) in [4.78, 5) is 46.9. The van der Waals surface area contributed by atoms with Crippen molar-refractivity contribution in [3.05, 3.63) is 65.9 Å². The maximum Gasteiger partial charge on any atom is 0.312 e. The number of carbonyl (C=O) groups excluding carboxylic acids is 3. The van der Waals surface area contributed by atoms with Gasteiger partial charge in [0.15, 0.2) is 0 Å². The summed E-state index contributed by atoms with van der Waals surface area (Å²) < 4.78 is 0. The van der Waals surface area contributed by atoms with Gasteiger partial charge < -0.3 is 15.1 Å². The number of hydrogen-bond donors (Lipinski definition) is 1. The van der Waals surface area contributed by atoms with E-state index in [-0.39, 0.29) is 18.4 Å². The minimum Gasteiger partial charge on any atom is -0.345 e. The minimum atomic E-state index is -0.536. The Bertz CT molecular complexity index is 1230. The molecule has 1 aliphatic heterocycles. The zero-order valence-corrected chi connectivity index (χ0v) is 20.5. The van der Waals surface area contributed by atoms with Crippen LogP contribution >= 0.6 is 11.3 Å². The van der Waals surface area contributed by atoms with Crippen molar-refractivity contribution in [1.29, 1.82) is 0 Å². The molecule has 0 bridgehead atoms. The molecule has 3 amide bonds. The summed E-state index contributed by atoms with van der Waals surface area (Å²) in [5.41, 5.74) is 4.03. The average molecular weight is 489 g/mol.